The van der Waals surface area contributed by atoms with E-state index in [1.807, 2.05) is 13.8 Å². The Bertz CT molecular complexity index is 494. The third-order valence-corrected chi connectivity index (χ3v) is 3.05. The minimum absolute atomic E-state index is 0.334. The van der Waals surface area contributed by atoms with Crippen molar-refractivity contribution in [3.8, 4) is 11.5 Å². The number of hydrogen-bond donors (Lipinski definition) is 0. The van der Waals surface area contributed by atoms with Crippen molar-refractivity contribution in [3.05, 3.63) is 23.8 Å². The molecule has 0 atom stereocenters. The van der Waals surface area contributed by atoms with Gasteiger partial charge in [-0.05, 0) is 32.0 Å². The van der Waals surface area contributed by atoms with Crippen LogP contribution in [0.5, 0.6) is 11.5 Å². The van der Waals surface area contributed by atoms with Gasteiger partial charge < -0.3 is 14.4 Å². The van der Waals surface area contributed by atoms with Crippen LogP contribution in [-0.4, -0.2) is 42.9 Å². The molecule has 1 aromatic rings. The number of Topliss-reactive ketones (excluding diaryl/α,β-unsaturated/α-hetero) is 1. The predicted octanol–water partition coefficient (Wildman–Crippen LogP) is 1.51. The molecule has 0 aliphatic carbocycles. The van der Waals surface area contributed by atoms with Crippen LogP contribution in [0, 0.1) is 0 Å². The van der Waals surface area contributed by atoms with Crippen LogP contribution in [0.25, 0.3) is 0 Å². The lowest BCUT2D eigenvalue weighted by Crippen LogP contribution is -2.36. The van der Waals surface area contributed by atoms with Gasteiger partial charge in [-0.2, -0.15) is 0 Å². The van der Waals surface area contributed by atoms with Gasteiger partial charge in [-0.3, -0.25) is 9.59 Å². The highest BCUT2D eigenvalue weighted by Gasteiger charge is 2.23. The molecular formula is C14H17NO4. The number of ketones is 1. The van der Waals surface area contributed by atoms with Crippen molar-refractivity contribution >= 4 is 11.7 Å². The highest BCUT2D eigenvalue weighted by atomic mass is 16.6. The maximum absolute atomic E-state index is 12.1. The minimum Gasteiger partial charge on any atom is -0.486 e. The number of carbonyl (C=O) groups excluding carboxylic acids is 2. The molecule has 0 spiro atoms. The quantitative estimate of drug-likeness (QED) is 0.610. The summed E-state index contributed by atoms with van der Waals surface area (Å²) in [6.45, 7) is 5.68. The van der Waals surface area contributed by atoms with E-state index in [0.717, 1.165) is 0 Å². The van der Waals surface area contributed by atoms with Gasteiger partial charge >= 0.3 is 0 Å². The largest absolute Gasteiger partial charge is 0.486 e. The van der Waals surface area contributed by atoms with Crippen molar-refractivity contribution in [1.29, 1.82) is 0 Å². The van der Waals surface area contributed by atoms with Crippen LogP contribution in [-0.2, 0) is 4.79 Å². The molecule has 5 heteroatoms. The van der Waals surface area contributed by atoms with Crippen molar-refractivity contribution < 1.29 is 19.1 Å². The molecule has 0 saturated heterocycles. The van der Waals surface area contributed by atoms with Gasteiger partial charge in [0.1, 0.15) is 13.2 Å². The Morgan fingerprint density at radius 3 is 2.37 bits per heavy atom. The highest BCUT2D eigenvalue weighted by Crippen LogP contribution is 2.30. The summed E-state index contributed by atoms with van der Waals surface area (Å²) in [4.78, 5) is 25.6. The number of fused-ring (bicyclic) bond motifs is 1. The smallest absolute Gasteiger partial charge is 0.294 e. The van der Waals surface area contributed by atoms with Gasteiger partial charge in [-0.1, -0.05) is 0 Å². The monoisotopic (exact) mass is 263 g/mol. The third kappa shape index (κ3) is 2.70. The number of nitrogens with zero attached hydrogens (tertiary/aromatic N) is 1. The van der Waals surface area contributed by atoms with E-state index < -0.39 is 11.7 Å². The van der Waals surface area contributed by atoms with Crippen LogP contribution in [0.15, 0.2) is 18.2 Å². The molecule has 1 amide bonds. The molecule has 2 rings (SSSR count). The second-order valence-corrected chi connectivity index (χ2v) is 4.17. The molecule has 0 fully saturated rings. The first-order valence-electron chi connectivity index (χ1n) is 6.40. The van der Waals surface area contributed by atoms with Crippen LogP contribution >= 0.6 is 0 Å². The second-order valence-electron chi connectivity index (χ2n) is 4.17. The van der Waals surface area contributed by atoms with Crippen molar-refractivity contribution in [2.75, 3.05) is 26.3 Å². The van der Waals surface area contributed by atoms with Crippen molar-refractivity contribution in [2.24, 2.45) is 0 Å². The molecule has 0 saturated carbocycles. The topological polar surface area (TPSA) is 55.8 Å². The fourth-order valence-corrected chi connectivity index (χ4v) is 1.96. The summed E-state index contributed by atoms with van der Waals surface area (Å²) in [7, 11) is 0. The third-order valence-electron chi connectivity index (χ3n) is 3.05. The van der Waals surface area contributed by atoms with Gasteiger partial charge in [0.05, 0.1) is 0 Å². The lowest BCUT2D eigenvalue weighted by Gasteiger charge is -2.20. The van der Waals surface area contributed by atoms with Gasteiger partial charge in [0.15, 0.2) is 11.5 Å². The van der Waals surface area contributed by atoms with E-state index in [0.29, 0.717) is 43.4 Å². The van der Waals surface area contributed by atoms with Crippen LogP contribution in [0.4, 0.5) is 0 Å². The molecule has 0 unspecified atom stereocenters. The fourth-order valence-electron chi connectivity index (χ4n) is 1.96. The second kappa shape index (κ2) is 5.73. The minimum atomic E-state index is -0.513. The molecule has 0 radical (unpaired) electrons. The van der Waals surface area contributed by atoms with Crippen LogP contribution in [0.2, 0.25) is 0 Å². The molecule has 1 aromatic carbocycles. The first kappa shape index (κ1) is 13.4. The van der Waals surface area contributed by atoms with Gasteiger partial charge in [0.2, 0.25) is 0 Å². The zero-order valence-electron chi connectivity index (χ0n) is 11.1. The lowest BCUT2D eigenvalue weighted by atomic mass is 10.1. The number of carbonyl (C=O) groups is 2. The average molecular weight is 263 g/mol. The SMILES string of the molecule is CCN(CC)C(=O)C(=O)c1ccc2c(c1)OCCO2. The van der Waals surface area contributed by atoms with Crippen molar-refractivity contribution in [2.45, 2.75) is 13.8 Å². The summed E-state index contributed by atoms with van der Waals surface area (Å²) >= 11 is 0. The van der Waals surface area contributed by atoms with Gasteiger partial charge in [-0.25, -0.2) is 0 Å². The average Bonchev–Trinajstić information content (AvgIpc) is 2.47. The molecular weight excluding hydrogens is 246 g/mol. The predicted molar refractivity (Wildman–Crippen MR) is 69.7 cm³/mol. The fraction of sp³-hybridized carbons (Fsp3) is 0.429. The Morgan fingerprint density at radius 1 is 1.11 bits per heavy atom. The molecule has 1 heterocycles. The summed E-state index contributed by atoms with van der Waals surface area (Å²) in [5, 5.41) is 0. The van der Waals surface area contributed by atoms with E-state index in [-0.39, 0.29) is 0 Å². The Morgan fingerprint density at radius 2 is 1.74 bits per heavy atom. The number of hydrogen-bond acceptors (Lipinski definition) is 4. The molecule has 19 heavy (non-hydrogen) atoms. The number of likely N-dealkylation sites (N-methyl/N-ethyl adjacent to an activating group) is 1. The number of benzene rings is 1. The molecule has 1 aliphatic heterocycles. The first-order valence-corrected chi connectivity index (χ1v) is 6.40. The lowest BCUT2D eigenvalue weighted by molar-refractivity contribution is -0.126. The highest BCUT2D eigenvalue weighted by molar-refractivity contribution is 6.42. The summed E-state index contributed by atoms with van der Waals surface area (Å²) < 4.78 is 10.8. The number of amides is 1. The van der Waals surface area contributed by atoms with E-state index >= 15 is 0 Å². The molecule has 1 aliphatic rings. The van der Waals surface area contributed by atoms with Crippen LogP contribution < -0.4 is 9.47 Å². The standard InChI is InChI=1S/C14H17NO4/c1-3-15(4-2)14(17)13(16)10-5-6-11-12(9-10)19-8-7-18-11/h5-6,9H,3-4,7-8H2,1-2H3. The maximum atomic E-state index is 12.1. The number of rotatable bonds is 4. The Labute approximate surface area is 112 Å². The van der Waals surface area contributed by atoms with E-state index in [9.17, 15) is 9.59 Å². The summed E-state index contributed by atoms with van der Waals surface area (Å²) in [6.07, 6.45) is 0. The van der Waals surface area contributed by atoms with Gasteiger partial charge in [0, 0.05) is 18.7 Å². The van der Waals surface area contributed by atoms with Gasteiger partial charge in [0.25, 0.3) is 11.7 Å². The Balaban J connectivity index is 2.22. The zero-order chi connectivity index (χ0) is 13.8. The normalized spacial score (nSPS) is 12.9. The van der Waals surface area contributed by atoms with Crippen molar-refractivity contribution in [3.63, 3.8) is 0 Å². The molecule has 0 N–H and O–H groups in total. The molecule has 0 bridgehead atoms. The summed E-state index contributed by atoms with van der Waals surface area (Å²) in [5.41, 5.74) is 0.334. The summed E-state index contributed by atoms with van der Waals surface area (Å²) in [5.74, 6) is 0.130. The number of ether oxygens (including phenoxy) is 2. The Kier molecular flexibility index (Phi) is 4.04. The Hall–Kier alpha value is -2.04. The molecule has 0 aromatic heterocycles. The van der Waals surface area contributed by atoms with E-state index in [2.05, 4.69) is 0 Å². The maximum Gasteiger partial charge on any atom is 0.294 e. The molecule has 102 valence electrons. The van der Waals surface area contributed by atoms with Crippen LogP contribution in [0.3, 0.4) is 0 Å². The zero-order valence-corrected chi connectivity index (χ0v) is 11.1. The first-order chi connectivity index (χ1) is 9.17. The van der Waals surface area contributed by atoms with E-state index in [4.69, 9.17) is 9.47 Å². The van der Waals surface area contributed by atoms with Crippen molar-refractivity contribution in [1.82, 2.24) is 4.90 Å². The van der Waals surface area contributed by atoms with E-state index in [1.54, 1.807) is 18.2 Å². The van der Waals surface area contributed by atoms with Crippen LogP contribution in [0.1, 0.15) is 24.2 Å². The molecule has 5 nitrogen and oxygen atoms in total. The van der Waals surface area contributed by atoms with Gasteiger partial charge in [-0.15, -0.1) is 0 Å². The summed E-state index contributed by atoms with van der Waals surface area (Å²) in [6, 6.07) is 4.83. The van der Waals surface area contributed by atoms with E-state index in [1.165, 1.54) is 4.90 Å².